The van der Waals surface area contributed by atoms with Crippen LogP contribution in [0.15, 0.2) is 60.8 Å². The molecule has 1 aliphatic heterocycles. The Morgan fingerprint density at radius 3 is 2.71 bits per heavy atom. The monoisotopic (exact) mass is 376 g/mol. The summed E-state index contributed by atoms with van der Waals surface area (Å²) in [6.45, 7) is 2.77. The highest BCUT2D eigenvalue weighted by Gasteiger charge is 2.17. The molecule has 0 saturated carbocycles. The molecular weight excluding hydrogens is 352 g/mol. The number of benzene rings is 2. The molecule has 28 heavy (non-hydrogen) atoms. The molecule has 1 aromatic heterocycles. The van der Waals surface area contributed by atoms with Gasteiger partial charge in [0.15, 0.2) is 5.82 Å². The van der Waals surface area contributed by atoms with E-state index in [9.17, 15) is 4.79 Å². The van der Waals surface area contributed by atoms with E-state index in [4.69, 9.17) is 4.74 Å². The van der Waals surface area contributed by atoms with Crippen molar-refractivity contribution in [1.82, 2.24) is 10.3 Å². The molecular formula is C22H24N4O2. The zero-order chi connectivity index (χ0) is 19.2. The predicted molar refractivity (Wildman–Crippen MR) is 112 cm³/mol. The highest BCUT2D eigenvalue weighted by atomic mass is 16.5. The fourth-order valence-corrected chi connectivity index (χ4v) is 3.43. The van der Waals surface area contributed by atoms with Crippen LogP contribution in [0.4, 0.5) is 16.3 Å². The number of nitrogens with zero attached hydrogens (tertiary/aromatic N) is 2. The fourth-order valence-electron chi connectivity index (χ4n) is 3.43. The van der Waals surface area contributed by atoms with Crippen molar-refractivity contribution >= 4 is 28.3 Å². The number of ether oxygens (including phenoxy) is 1. The van der Waals surface area contributed by atoms with Gasteiger partial charge in [0.05, 0.1) is 12.2 Å². The van der Waals surface area contributed by atoms with Crippen molar-refractivity contribution in [2.24, 2.45) is 0 Å². The van der Waals surface area contributed by atoms with Crippen molar-refractivity contribution in [2.75, 3.05) is 36.5 Å². The highest BCUT2D eigenvalue weighted by molar-refractivity contribution is 5.92. The van der Waals surface area contributed by atoms with Crippen molar-refractivity contribution in [3.63, 3.8) is 0 Å². The summed E-state index contributed by atoms with van der Waals surface area (Å²) in [5, 5.41) is 8.05. The van der Waals surface area contributed by atoms with Gasteiger partial charge in [0.25, 0.3) is 0 Å². The van der Waals surface area contributed by atoms with Crippen LogP contribution in [0.1, 0.15) is 12.8 Å². The zero-order valence-corrected chi connectivity index (χ0v) is 15.7. The van der Waals surface area contributed by atoms with Gasteiger partial charge in [0.2, 0.25) is 0 Å². The van der Waals surface area contributed by atoms with Crippen LogP contribution in [-0.4, -0.2) is 37.3 Å². The van der Waals surface area contributed by atoms with Crippen LogP contribution < -0.4 is 20.3 Å². The molecule has 2 heterocycles. The van der Waals surface area contributed by atoms with Crippen molar-refractivity contribution in [2.45, 2.75) is 12.8 Å². The first-order chi connectivity index (χ1) is 13.8. The standard InChI is InChI=1S/C22H24N4O2/c27-22(25-20-8-5-11-23-21(20)26-13-3-4-14-26)24-12-15-28-19-10-9-17-6-1-2-7-18(17)16-19/h1-2,5-11,16H,3-4,12-15H2,(H2,24,25,27). The summed E-state index contributed by atoms with van der Waals surface area (Å²) in [6.07, 6.45) is 4.08. The molecule has 144 valence electrons. The Bertz CT molecular complexity index is 954. The second-order valence-corrected chi connectivity index (χ2v) is 6.81. The number of carbonyl (C=O) groups excluding carboxylic acids is 1. The average Bonchev–Trinajstić information content (AvgIpc) is 3.26. The number of rotatable bonds is 6. The van der Waals surface area contributed by atoms with Gasteiger partial charge in [-0.3, -0.25) is 0 Å². The quantitative estimate of drug-likeness (QED) is 0.638. The number of urea groups is 1. The van der Waals surface area contributed by atoms with Crippen molar-refractivity contribution < 1.29 is 9.53 Å². The van der Waals surface area contributed by atoms with Gasteiger partial charge in [-0.25, -0.2) is 9.78 Å². The predicted octanol–water partition coefficient (Wildman–Crippen LogP) is 4.04. The molecule has 0 atom stereocenters. The first-order valence-electron chi connectivity index (χ1n) is 9.66. The maximum atomic E-state index is 12.2. The van der Waals surface area contributed by atoms with E-state index in [2.05, 4.69) is 32.7 Å². The van der Waals surface area contributed by atoms with Gasteiger partial charge < -0.3 is 20.3 Å². The Hall–Kier alpha value is -3.28. The Morgan fingerprint density at radius 2 is 1.86 bits per heavy atom. The molecule has 0 bridgehead atoms. The van der Waals surface area contributed by atoms with E-state index in [1.165, 1.54) is 5.39 Å². The third kappa shape index (κ3) is 4.34. The summed E-state index contributed by atoms with van der Waals surface area (Å²) in [5.74, 6) is 1.63. The third-order valence-electron chi connectivity index (χ3n) is 4.82. The van der Waals surface area contributed by atoms with E-state index in [0.717, 1.165) is 48.6 Å². The molecule has 0 radical (unpaired) electrons. The van der Waals surface area contributed by atoms with Gasteiger partial charge in [0, 0.05) is 19.3 Å². The van der Waals surface area contributed by atoms with Gasteiger partial charge in [-0.2, -0.15) is 0 Å². The number of amides is 2. The third-order valence-corrected chi connectivity index (χ3v) is 4.82. The molecule has 1 aliphatic rings. The average molecular weight is 376 g/mol. The van der Waals surface area contributed by atoms with Crippen LogP contribution in [0.3, 0.4) is 0 Å². The minimum atomic E-state index is -0.254. The molecule has 0 aliphatic carbocycles. The summed E-state index contributed by atoms with van der Waals surface area (Å²) in [7, 11) is 0. The first-order valence-corrected chi connectivity index (χ1v) is 9.66. The number of pyridine rings is 1. The van der Waals surface area contributed by atoms with E-state index in [0.29, 0.717) is 13.2 Å². The number of carbonyl (C=O) groups is 1. The minimum Gasteiger partial charge on any atom is -0.492 e. The summed E-state index contributed by atoms with van der Waals surface area (Å²) in [5.41, 5.74) is 0.734. The number of hydrogen-bond donors (Lipinski definition) is 2. The number of hydrogen-bond acceptors (Lipinski definition) is 4. The van der Waals surface area contributed by atoms with E-state index in [-0.39, 0.29) is 6.03 Å². The smallest absolute Gasteiger partial charge is 0.319 e. The minimum absolute atomic E-state index is 0.254. The summed E-state index contributed by atoms with van der Waals surface area (Å²) in [6, 6.07) is 17.6. The van der Waals surface area contributed by atoms with Gasteiger partial charge in [0.1, 0.15) is 12.4 Å². The Morgan fingerprint density at radius 1 is 1.04 bits per heavy atom. The Kier molecular flexibility index (Phi) is 5.56. The van der Waals surface area contributed by atoms with E-state index in [1.807, 2.05) is 42.5 Å². The van der Waals surface area contributed by atoms with Crippen molar-refractivity contribution in [3.8, 4) is 5.75 Å². The topological polar surface area (TPSA) is 66.5 Å². The maximum Gasteiger partial charge on any atom is 0.319 e. The van der Waals surface area contributed by atoms with E-state index in [1.54, 1.807) is 6.20 Å². The first kappa shape index (κ1) is 18.1. The Labute approximate surface area is 164 Å². The molecule has 6 heteroatoms. The summed E-state index contributed by atoms with van der Waals surface area (Å²) in [4.78, 5) is 18.9. The molecule has 2 aromatic carbocycles. The van der Waals surface area contributed by atoms with Gasteiger partial charge in [-0.05, 0) is 47.9 Å². The number of nitrogens with one attached hydrogen (secondary N) is 2. The van der Waals surface area contributed by atoms with E-state index >= 15 is 0 Å². The molecule has 1 fully saturated rings. The van der Waals surface area contributed by atoms with Gasteiger partial charge in [-0.1, -0.05) is 30.3 Å². The molecule has 0 unspecified atom stereocenters. The van der Waals surface area contributed by atoms with Crippen LogP contribution in [-0.2, 0) is 0 Å². The highest BCUT2D eigenvalue weighted by Crippen LogP contribution is 2.26. The van der Waals surface area contributed by atoms with Crippen LogP contribution in [0.25, 0.3) is 10.8 Å². The number of fused-ring (bicyclic) bond motifs is 1. The lowest BCUT2D eigenvalue weighted by atomic mass is 10.1. The molecule has 1 saturated heterocycles. The normalized spacial score (nSPS) is 13.5. The lowest BCUT2D eigenvalue weighted by molar-refractivity contribution is 0.247. The number of anilines is 2. The van der Waals surface area contributed by atoms with Crippen LogP contribution in [0, 0.1) is 0 Å². The molecule has 3 aromatic rings. The molecule has 2 amide bonds. The zero-order valence-electron chi connectivity index (χ0n) is 15.7. The second-order valence-electron chi connectivity index (χ2n) is 6.81. The second kappa shape index (κ2) is 8.61. The molecule has 2 N–H and O–H groups in total. The maximum absolute atomic E-state index is 12.2. The molecule has 6 nitrogen and oxygen atoms in total. The summed E-state index contributed by atoms with van der Waals surface area (Å²) < 4.78 is 5.76. The van der Waals surface area contributed by atoms with Gasteiger partial charge in [-0.15, -0.1) is 0 Å². The SMILES string of the molecule is O=C(NCCOc1ccc2ccccc2c1)Nc1cccnc1N1CCCC1. The van der Waals surface area contributed by atoms with Crippen LogP contribution in [0.5, 0.6) is 5.75 Å². The number of aromatic nitrogens is 1. The fraction of sp³-hybridized carbons (Fsp3) is 0.273. The van der Waals surface area contributed by atoms with Crippen molar-refractivity contribution in [1.29, 1.82) is 0 Å². The molecule has 4 rings (SSSR count). The van der Waals surface area contributed by atoms with Crippen LogP contribution >= 0.6 is 0 Å². The van der Waals surface area contributed by atoms with Gasteiger partial charge >= 0.3 is 6.03 Å². The van der Waals surface area contributed by atoms with Crippen LogP contribution in [0.2, 0.25) is 0 Å². The molecule has 0 spiro atoms. The largest absolute Gasteiger partial charge is 0.492 e. The summed E-state index contributed by atoms with van der Waals surface area (Å²) >= 11 is 0. The Balaban J connectivity index is 1.27. The lowest BCUT2D eigenvalue weighted by Crippen LogP contribution is -2.33. The van der Waals surface area contributed by atoms with E-state index < -0.39 is 0 Å². The van der Waals surface area contributed by atoms with Crippen molar-refractivity contribution in [3.05, 3.63) is 60.8 Å². The lowest BCUT2D eigenvalue weighted by Gasteiger charge is -2.20.